The molecule has 1 aliphatic rings. The summed E-state index contributed by atoms with van der Waals surface area (Å²) >= 11 is 3.64. The number of benzene rings is 1. The van der Waals surface area contributed by atoms with Crippen molar-refractivity contribution in [1.82, 2.24) is 0 Å². The number of rotatable bonds is 4. The van der Waals surface area contributed by atoms with Crippen LogP contribution in [0, 0.1) is 6.92 Å². The predicted octanol–water partition coefficient (Wildman–Crippen LogP) is 3.21. The normalized spacial score (nSPS) is 14.9. The molecule has 86 valence electrons. The number of thioether (sulfide) groups is 2. The van der Waals surface area contributed by atoms with Gasteiger partial charge in [-0.1, -0.05) is 35.7 Å². The topological polar surface area (TPSA) is 21.6 Å². The molecule has 0 aromatic heterocycles. The van der Waals surface area contributed by atoms with Crippen LogP contribution >= 0.6 is 23.5 Å². The molecule has 0 N–H and O–H groups in total. The second kappa shape index (κ2) is 6.21. The van der Waals surface area contributed by atoms with Crippen molar-refractivity contribution in [2.45, 2.75) is 6.92 Å². The average Bonchev–Trinajstić information content (AvgIpc) is 2.77. The molecule has 1 aromatic rings. The van der Waals surface area contributed by atoms with Gasteiger partial charge >= 0.3 is 0 Å². The van der Waals surface area contributed by atoms with Crippen molar-refractivity contribution in [3.63, 3.8) is 0 Å². The van der Waals surface area contributed by atoms with Gasteiger partial charge in [-0.2, -0.15) is 0 Å². The third-order valence-corrected chi connectivity index (χ3v) is 4.34. The van der Waals surface area contributed by atoms with E-state index in [9.17, 15) is 0 Å². The summed E-state index contributed by atoms with van der Waals surface area (Å²) in [4.78, 5) is 4.38. The Balaban J connectivity index is 1.68. The molecule has 1 aromatic carbocycles. The summed E-state index contributed by atoms with van der Waals surface area (Å²) in [5, 5.41) is 0. The third-order valence-electron chi connectivity index (χ3n) is 2.12. The molecule has 0 unspecified atom stereocenters. The lowest BCUT2D eigenvalue weighted by atomic mass is 10.2. The van der Waals surface area contributed by atoms with E-state index in [0.717, 1.165) is 30.4 Å². The number of hydrogen-bond donors (Lipinski definition) is 0. The molecular weight excluding hydrogens is 238 g/mol. The lowest BCUT2D eigenvalue weighted by molar-refractivity contribution is 0.344. The quantitative estimate of drug-likeness (QED) is 0.769. The van der Waals surface area contributed by atoms with E-state index in [2.05, 4.69) is 24.0 Å². The predicted molar refractivity (Wildman–Crippen MR) is 73.9 cm³/mol. The van der Waals surface area contributed by atoms with Crippen LogP contribution in [0.3, 0.4) is 0 Å². The molecule has 1 aliphatic heterocycles. The van der Waals surface area contributed by atoms with E-state index < -0.39 is 0 Å². The molecule has 1 heterocycles. The Hall–Kier alpha value is -0.610. The molecule has 0 spiro atoms. The molecule has 2 nitrogen and oxygen atoms in total. The Morgan fingerprint density at radius 3 is 3.19 bits per heavy atom. The summed E-state index contributed by atoms with van der Waals surface area (Å²) in [6.07, 6.45) is 0. The fourth-order valence-corrected chi connectivity index (χ4v) is 3.29. The van der Waals surface area contributed by atoms with Crippen molar-refractivity contribution in [3.05, 3.63) is 29.8 Å². The van der Waals surface area contributed by atoms with Gasteiger partial charge in [0, 0.05) is 11.5 Å². The van der Waals surface area contributed by atoms with Gasteiger partial charge in [-0.3, -0.25) is 4.99 Å². The van der Waals surface area contributed by atoms with Gasteiger partial charge in [-0.15, -0.1) is 0 Å². The van der Waals surface area contributed by atoms with Crippen LogP contribution < -0.4 is 4.74 Å². The Morgan fingerprint density at radius 2 is 2.44 bits per heavy atom. The van der Waals surface area contributed by atoms with Gasteiger partial charge in [-0.25, -0.2) is 0 Å². The van der Waals surface area contributed by atoms with Gasteiger partial charge in [0.2, 0.25) is 0 Å². The van der Waals surface area contributed by atoms with Crippen molar-refractivity contribution >= 4 is 27.9 Å². The lowest BCUT2D eigenvalue weighted by Crippen LogP contribution is -2.01. The van der Waals surface area contributed by atoms with Crippen molar-refractivity contribution in [1.29, 1.82) is 0 Å². The zero-order valence-corrected chi connectivity index (χ0v) is 10.9. The van der Waals surface area contributed by atoms with Gasteiger partial charge in [0.05, 0.1) is 13.2 Å². The monoisotopic (exact) mass is 253 g/mol. The molecule has 4 heteroatoms. The molecule has 16 heavy (non-hydrogen) atoms. The second-order valence-electron chi connectivity index (χ2n) is 3.51. The highest BCUT2D eigenvalue weighted by Gasteiger charge is 2.06. The highest BCUT2D eigenvalue weighted by molar-refractivity contribution is 8.39. The smallest absolute Gasteiger partial charge is 0.124 e. The maximum atomic E-state index is 5.66. The van der Waals surface area contributed by atoms with Crippen LogP contribution in [-0.4, -0.2) is 29.0 Å². The van der Waals surface area contributed by atoms with Crippen molar-refractivity contribution in [2.24, 2.45) is 4.99 Å². The number of aliphatic imine (C=N–C) groups is 1. The molecular formula is C12H15NOS2. The third kappa shape index (κ3) is 3.76. The first kappa shape index (κ1) is 11.9. The Morgan fingerprint density at radius 1 is 1.50 bits per heavy atom. The number of aryl methyl sites for hydroxylation is 1. The van der Waals surface area contributed by atoms with Gasteiger partial charge in [0.1, 0.15) is 10.1 Å². The van der Waals surface area contributed by atoms with Crippen molar-refractivity contribution in [3.8, 4) is 5.75 Å². The Kier molecular flexibility index (Phi) is 4.60. The molecule has 0 atom stereocenters. The Labute approximate surface area is 105 Å². The zero-order valence-electron chi connectivity index (χ0n) is 9.31. The maximum Gasteiger partial charge on any atom is 0.124 e. The largest absolute Gasteiger partial charge is 0.493 e. The van der Waals surface area contributed by atoms with E-state index in [0.29, 0.717) is 0 Å². The molecule has 0 radical (unpaired) electrons. The van der Waals surface area contributed by atoms with E-state index in [1.54, 1.807) is 11.8 Å². The summed E-state index contributed by atoms with van der Waals surface area (Å²) in [5.41, 5.74) is 1.24. The first-order valence-corrected chi connectivity index (χ1v) is 7.31. The summed E-state index contributed by atoms with van der Waals surface area (Å²) in [5.74, 6) is 3.07. The zero-order chi connectivity index (χ0) is 11.2. The van der Waals surface area contributed by atoms with Crippen LogP contribution in [0.5, 0.6) is 5.75 Å². The molecule has 0 saturated heterocycles. The van der Waals surface area contributed by atoms with Gasteiger partial charge in [-0.05, 0) is 24.6 Å². The molecule has 0 fully saturated rings. The van der Waals surface area contributed by atoms with Crippen LogP contribution in [0.2, 0.25) is 0 Å². The minimum Gasteiger partial charge on any atom is -0.493 e. The van der Waals surface area contributed by atoms with Gasteiger partial charge < -0.3 is 4.74 Å². The van der Waals surface area contributed by atoms with E-state index in [1.165, 1.54) is 9.94 Å². The lowest BCUT2D eigenvalue weighted by Gasteiger charge is -2.06. The second-order valence-corrected chi connectivity index (χ2v) is 5.94. The SMILES string of the molecule is Cc1cccc(OCCSC2=NCCS2)c1. The van der Waals surface area contributed by atoms with Crippen molar-refractivity contribution < 1.29 is 4.74 Å². The van der Waals surface area contributed by atoms with Crippen LogP contribution in [0.4, 0.5) is 0 Å². The standard InChI is InChI=1S/C12H15NOS2/c1-10-3-2-4-11(9-10)14-6-8-16-12-13-5-7-15-12/h2-4,9H,5-8H2,1H3. The molecule has 0 bridgehead atoms. The van der Waals surface area contributed by atoms with E-state index in [-0.39, 0.29) is 0 Å². The fourth-order valence-electron chi connectivity index (χ4n) is 1.40. The highest BCUT2D eigenvalue weighted by atomic mass is 32.2. The van der Waals surface area contributed by atoms with Crippen molar-refractivity contribution in [2.75, 3.05) is 24.7 Å². The molecule has 0 aliphatic carbocycles. The maximum absolute atomic E-state index is 5.66. The first-order valence-electron chi connectivity index (χ1n) is 5.34. The molecule has 2 rings (SSSR count). The van der Waals surface area contributed by atoms with Crippen LogP contribution in [0.1, 0.15) is 5.56 Å². The first-order chi connectivity index (χ1) is 7.84. The highest BCUT2D eigenvalue weighted by Crippen LogP contribution is 2.22. The average molecular weight is 253 g/mol. The van der Waals surface area contributed by atoms with Crippen LogP contribution in [0.15, 0.2) is 29.3 Å². The molecule has 0 amide bonds. The number of hydrogen-bond acceptors (Lipinski definition) is 4. The van der Waals surface area contributed by atoms with E-state index in [1.807, 2.05) is 23.9 Å². The molecule has 0 saturated carbocycles. The van der Waals surface area contributed by atoms with Crippen LogP contribution in [0.25, 0.3) is 0 Å². The van der Waals surface area contributed by atoms with Gasteiger partial charge in [0.25, 0.3) is 0 Å². The Bertz CT molecular complexity index is 379. The van der Waals surface area contributed by atoms with Crippen LogP contribution in [-0.2, 0) is 0 Å². The van der Waals surface area contributed by atoms with E-state index in [4.69, 9.17) is 4.74 Å². The number of ether oxygens (including phenoxy) is 1. The summed E-state index contributed by atoms with van der Waals surface area (Å²) in [6.45, 7) is 3.80. The number of nitrogens with zero attached hydrogens (tertiary/aromatic N) is 1. The van der Waals surface area contributed by atoms with E-state index >= 15 is 0 Å². The van der Waals surface area contributed by atoms with Gasteiger partial charge in [0.15, 0.2) is 0 Å². The fraction of sp³-hybridized carbons (Fsp3) is 0.417. The minimum absolute atomic E-state index is 0.744. The summed E-state index contributed by atoms with van der Waals surface area (Å²) in [7, 11) is 0. The summed E-state index contributed by atoms with van der Waals surface area (Å²) < 4.78 is 6.88. The summed E-state index contributed by atoms with van der Waals surface area (Å²) in [6, 6.07) is 8.16. The minimum atomic E-state index is 0.744.